The van der Waals surface area contributed by atoms with E-state index in [9.17, 15) is 9.18 Å². The molecule has 1 atom stereocenters. The SMILES string of the molecule is Cc1ccc(C(C)NC(=O)c2ccc(O)cc2F)cc1. The van der Waals surface area contributed by atoms with E-state index in [4.69, 9.17) is 5.11 Å². The van der Waals surface area contributed by atoms with Gasteiger partial charge in [-0.3, -0.25) is 4.79 Å². The van der Waals surface area contributed by atoms with Gasteiger partial charge in [-0.05, 0) is 31.5 Å². The Bertz CT molecular complexity index is 623. The highest BCUT2D eigenvalue weighted by Gasteiger charge is 2.15. The molecular formula is C16H16FNO2. The van der Waals surface area contributed by atoms with Crippen molar-refractivity contribution >= 4 is 5.91 Å². The third-order valence-electron chi connectivity index (χ3n) is 3.12. The second-order valence-electron chi connectivity index (χ2n) is 4.77. The molecule has 0 aliphatic heterocycles. The molecule has 1 unspecified atom stereocenters. The van der Waals surface area contributed by atoms with Gasteiger partial charge < -0.3 is 10.4 Å². The molecule has 104 valence electrons. The molecule has 4 heteroatoms. The van der Waals surface area contributed by atoms with Gasteiger partial charge in [0.2, 0.25) is 0 Å². The molecule has 0 spiro atoms. The molecule has 2 N–H and O–H groups in total. The number of halogens is 1. The molecule has 0 heterocycles. The third-order valence-corrected chi connectivity index (χ3v) is 3.12. The summed E-state index contributed by atoms with van der Waals surface area (Å²) in [5, 5.41) is 11.9. The van der Waals surface area contributed by atoms with Crippen LogP contribution < -0.4 is 5.32 Å². The Morgan fingerprint density at radius 3 is 2.45 bits per heavy atom. The Balaban J connectivity index is 2.13. The van der Waals surface area contributed by atoms with E-state index in [0.717, 1.165) is 17.2 Å². The Morgan fingerprint density at radius 1 is 1.20 bits per heavy atom. The molecule has 2 rings (SSSR count). The number of amides is 1. The molecule has 0 aliphatic rings. The normalized spacial score (nSPS) is 11.9. The van der Waals surface area contributed by atoms with Gasteiger partial charge in [-0.2, -0.15) is 0 Å². The zero-order valence-corrected chi connectivity index (χ0v) is 11.4. The van der Waals surface area contributed by atoms with Gasteiger partial charge >= 0.3 is 0 Å². The molecule has 1 amide bonds. The van der Waals surface area contributed by atoms with Crippen LogP contribution >= 0.6 is 0 Å². The van der Waals surface area contributed by atoms with E-state index in [1.165, 1.54) is 12.1 Å². The summed E-state index contributed by atoms with van der Waals surface area (Å²) >= 11 is 0. The molecule has 0 aliphatic carbocycles. The largest absolute Gasteiger partial charge is 0.508 e. The minimum atomic E-state index is -0.737. The molecule has 0 radical (unpaired) electrons. The van der Waals surface area contributed by atoms with Crippen LogP contribution in [0.3, 0.4) is 0 Å². The second-order valence-corrected chi connectivity index (χ2v) is 4.77. The van der Waals surface area contributed by atoms with Crippen molar-refractivity contribution in [3.63, 3.8) is 0 Å². The highest BCUT2D eigenvalue weighted by atomic mass is 19.1. The zero-order chi connectivity index (χ0) is 14.7. The lowest BCUT2D eigenvalue weighted by molar-refractivity contribution is 0.0936. The molecule has 0 aromatic heterocycles. The smallest absolute Gasteiger partial charge is 0.254 e. The maximum atomic E-state index is 13.6. The number of hydrogen-bond acceptors (Lipinski definition) is 2. The van der Waals surface area contributed by atoms with Crippen LogP contribution in [0.5, 0.6) is 5.75 Å². The van der Waals surface area contributed by atoms with Crippen molar-refractivity contribution in [3.8, 4) is 5.75 Å². The van der Waals surface area contributed by atoms with Crippen molar-refractivity contribution in [1.29, 1.82) is 0 Å². The number of aryl methyl sites for hydroxylation is 1. The average Bonchev–Trinajstić information content (AvgIpc) is 2.39. The van der Waals surface area contributed by atoms with E-state index in [1.54, 1.807) is 0 Å². The Hall–Kier alpha value is -2.36. The highest BCUT2D eigenvalue weighted by Crippen LogP contribution is 2.17. The minimum absolute atomic E-state index is 0.0817. The van der Waals surface area contributed by atoms with Crippen LogP contribution in [0.1, 0.15) is 34.5 Å². The van der Waals surface area contributed by atoms with Crippen LogP contribution in [0.15, 0.2) is 42.5 Å². The van der Waals surface area contributed by atoms with Crippen LogP contribution in [0.25, 0.3) is 0 Å². The van der Waals surface area contributed by atoms with Crippen LogP contribution in [0, 0.1) is 12.7 Å². The molecular weight excluding hydrogens is 257 g/mol. The first-order valence-electron chi connectivity index (χ1n) is 6.33. The number of rotatable bonds is 3. The molecule has 20 heavy (non-hydrogen) atoms. The quantitative estimate of drug-likeness (QED) is 0.901. The fraction of sp³-hybridized carbons (Fsp3) is 0.188. The molecule has 0 fully saturated rings. The van der Waals surface area contributed by atoms with Crippen LogP contribution in [-0.2, 0) is 0 Å². The lowest BCUT2D eigenvalue weighted by Crippen LogP contribution is -2.27. The zero-order valence-electron chi connectivity index (χ0n) is 11.4. The molecule has 0 saturated heterocycles. The summed E-state index contributed by atoms with van der Waals surface area (Å²) in [4.78, 5) is 12.0. The van der Waals surface area contributed by atoms with E-state index in [-0.39, 0.29) is 17.4 Å². The van der Waals surface area contributed by atoms with Crippen LogP contribution in [0.4, 0.5) is 4.39 Å². The monoisotopic (exact) mass is 273 g/mol. The predicted octanol–water partition coefficient (Wildman–Crippen LogP) is 3.33. The highest BCUT2D eigenvalue weighted by molar-refractivity contribution is 5.94. The summed E-state index contributed by atoms with van der Waals surface area (Å²) in [6, 6.07) is 11.0. The maximum Gasteiger partial charge on any atom is 0.254 e. The van der Waals surface area contributed by atoms with Gasteiger partial charge in [-0.15, -0.1) is 0 Å². The molecule has 0 bridgehead atoms. The lowest BCUT2D eigenvalue weighted by Gasteiger charge is -2.15. The fourth-order valence-electron chi connectivity index (χ4n) is 1.90. The van der Waals surface area contributed by atoms with Crippen molar-refractivity contribution < 1.29 is 14.3 Å². The van der Waals surface area contributed by atoms with Crippen LogP contribution in [0.2, 0.25) is 0 Å². The summed E-state index contributed by atoms with van der Waals surface area (Å²) in [6.45, 7) is 3.82. The maximum absolute atomic E-state index is 13.6. The minimum Gasteiger partial charge on any atom is -0.508 e. The number of hydrogen-bond donors (Lipinski definition) is 2. The number of benzene rings is 2. The first-order chi connectivity index (χ1) is 9.47. The number of phenols is 1. The molecule has 0 saturated carbocycles. The first kappa shape index (κ1) is 14.1. The van der Waals surface area contributed by atoms with Gasteiger partial charge in [0.05, 0.1) is 11.6 Å². The summed E-state index contributed by atoms with van der Waals surface area (Å²) in [5.41, 5.74) is 2.00. The van der Waals surface area contributed by atoms with Crippen molar-refractivity contribution in [2.45, 2.75) is 19.9 Å². The van der Waals surface area contributed by atoms with Crippen molar-refractivity contribution in [2.75, 3.05) is 0 Å². The Morgan fingerprint density at radius 2 is 1.85 bits per heavy atom. The van der Waals surface area contributed by atoms with Gasteiger partial charge in [0.25, 0.3) is 5.91 Å². The van der Waals surface area contributed by atoms with Gasteiger partial charge in [-0.1, -0.05) is 29.8 Å². The predicted molar refractivity (Wildman–Crippen MR) is 75.1 cm³/mol. The van der Waals surface area contributed by atoms with E-state index in [1.807, 2.05) is 38.1 Å². The topological polar surface area (TPSA) is 49.3 Å². The number of carbonyl (C=O) groups is 1. The summed E-state index contributed by atoms with van der Waals surface area (Å²) in [7, 11) is 0. The number of nitrogens with one attached hydrogen (secondary N) is 1. The molecule has 2 aromatic rings. The van der Waals surface area contributed by atoms with E-state index >= 15 is 0 Å². The van der Waals surface area contributed by atoms with Gasteiger partial charge in [0, 0.05) is 6.07 Å². The van der Waals surface area contributed by atoms with Crippen molar-refractivity contribution in [2.24, 2.45) is 0 Å². The fourth-order valence-corrected chi connectivity index (χ4v) is 1.90. The number of carbonyl (C=O) groups excluding carboxylic acids is 1. The summed E-state index contributed by atoms with van der Waals surface area (Å²) < 4.78 is 13.6. The van der Waals surface area contributed by atoms with Crippen molar-refractivity contribution in [3.05, 3.63) is 65.0 Å². The number of aromatic hydroxyl groups is 1. The van der Waals surface area contributed by atoms with Crippen molar-refractivity contribution in [1.82, 2.24) is 5.32 Å². The van der Waals surface area contributed by atoms with Gasteiger partial charge in [0.15, 0.2) is 0 Å². The van der Waals surface area contributed by atoms with E-state index in [2.05, 4.69) is 5.32 Å². The Kier molecular flexibility index (Phi) is 4.03. The summed E-state index contributed by atoms with van der Waals surface area (Å²) in [5.74, 6) is -1.44. The number of phenolic OH excluding ortho intramolecular Hbond substituents is 1. The standard InChI is InChI=1S/C16H16FNO2/c1-10-3-5-12(6-4-10)11(2)18-16(20)14-8-7-13(19)9-15(14)17/h3-9,11,19H,1-2H3,(H,18,20). The molecule has 2 aromatic carbocycles. The van der Waals surface area contributed by atoms with Gasteiger partial charge in [-0.25, -0.2) is 4.39 Å². The average molecular weight is 273 g/mol. The molecule has 3 nitrogen and oxygen atoms in total. The lowest BCUT2D eigenvalue weighted by atomic mass is 10.1. The summed E-state index contributed by atoms with van der Waals surface area (Å²) in [6.07, 6.45) is 0. The van der Waals surface area contributed by atoms with E-state index < -0.39 is 11.7 Å². The second kappa shape index (κ2) is 5.74. The van der Waals surface area contributed by atoms with Crippen LogP contribution in [-0.4, -0.2) is 11.0 Å². The third kappa shape index (κ3) is 3.15. The van der Waals surface area contributed by atoms with E-state index in [0.29, 0.717) is 0 Å². The first-order valence-corrected chi connectivity index (χ1v) is 6.33. The Labute approximate surface area is 117 Å². The van der Waals surface area contributed by atoms with Gasteiger partial charge in [0.1, 0.15) is 11.6 Å².